The number of rotatable bonds is 6. The summed E-state index contributed by atoms with van der Waals surface area (Å²) < 4.78 is 72.8. The average Bonchev–Trinajstić information content (AvgIpc) is 3.50. The van der Waals surface area contributed by atoms with Crippen molar-refractivity contribution in [1.82, 2.24) is 19.7 Å². The first-order chi connectivity index (χ1) is 20.3. The third-order valence-electron chi connectivity index (χ3n) is 9.33. The van der Waals surface area contributed by atoms with Crippen molar-refractivity contribution in [2.75, 3.05) is 18.0 Å². The first-order valence-electron chi connectivity index (χ1n) is 14.3. The largest absolute Gasteiger partial charge is 0.416 e. The molecule has 2 aromatic carbocycles. The smallest absolute Gasteiger partial charge is 0.320 e. The van der Waals surface area contributed by atoms with Gasteiger partial charge in [-0.15, -0.1) is 10.2 Å². The van der Waals surface area contributed by atoms with Crippen molar-refractivity contribution >= 4 is 11.6 Å². The molecule has 0 radical (unpaired) electrons. The highest BCUT2D eigenvalue weighted by atomic mass is 19.4. The van der Waals surface area contributed by atoms with Crippen LogP contribution in [0.3, 0.4) is 0 Å². The normalized spacial score (nSPS) is 25.3. The van der Waals surface area contributed by atoms with Crippen LogP contribution in [0.4, 0.5) is 27.6 Å². The summed E-state index contributed by atoms with van der Waals surface area (Å²) in [4.78, 5) is 16.8. The van der Waals surface area contributed by atoms with Gasteiger partial charge < -0.3 is 9.47 Å². The van der Waals surface area contributed by atoms with Gasteiger partial charge in [-0.25, -0.2) is 8.78 Å². The van der Waals surface area contributed by atoms with Crippen LogP contribution in [0.1, 0.15) is 71.0 Å². The SMILES string of the molecule is C[C@@H]1CN(Cc2cc3c(c(C(F)(F)F)c2)CN(c2cccc(C4(c5nncn5C)CC(CC#N)C4)c2)C3=O)CCC1(F)F. The Labute approximate surface area is 245 Å². The molecule has 2 aliphatic heterocycles. The molecule has 6 rings (SSSR count). The van der Waals surface area contributed by atoms with E-state index in [9.17, 15) is 32.0 Å². The third-order valence-corrected chi connectivity index (χ3v) is 9.33. The molecule has 12 heteroatoms. The number of nitriles is 1. The van der Waals surface area contributed by atoms with Gasteiger partial charge in [0, 0.05) is 56.7 Å². The highest BCUT2D eigenvalue weighted by Gasteiger charge is 2.50. The topological polar surface area (TPSA) is 78.1 Å². The molecule has 0 spiro atoms. The number of halogens is 5. The summed E-state index contributed by atoms with van der Waals surface area (Å²) in [6, 6.07) is 12.0. The lowest BCUT2D eigenvalue weighted by atomic mass is 9.57. The van der Waals surface area contributed by atoms with Crippen molar-refractivity contribution in [2.45, 2.75) is 63.2 Å². The zero-order valence-electron chi connectivity index (χ0n) is 23.8. The van der Waals surface area contributed by atoms with Crippen molar-refractivity contribution < 1.29 is 26.7 Å². The number of piperidine rings is 1. The van der Waals surface area contributed by atoms with Gasteiger partial charge in [-0.2, -0.15) is 18.4 Å². The summed E-state index contributed by atoms with van der Waals surface area (Å²) in [5, 5.41) is 17.6. The molecule has 3 heterocycles. The Hall–Kier alpha value is -3.85. The molecule has 7 nitrogen and oxygen atoms in total. The Kier molecular flexibility index (Phi) is 7.07. The zero-order chi connectivity index (χ0) is 30.7. The molecule has 1 saturated heterocycles. The van der Waals surface area contributed by atoms with Crippen molar-refractivity contribution in [3.05, 3.63) is 76.4 Å². The van der Waals surface area contributed by atoms with E-state index in [4.69, 9.17) is 0 Å². The molecule has 0 N–H and O–H groups in total. The minimum absolute atomic E-state index is 0.0219. The number of aryl methyl sites for hydroxylation is 1. The molecule has 1 aromatic heterocycles. The molecule has 1 saturated carbocycles. The minimum Gasteiger partial charge on any atom is -0.320 e. The molecular formula is C31H31F5N6O. The summed E-state index contributed by atoms with van der Waals surface area (Å²) in [7, 11) is 1.84. The van der Waals surface area contributed by atoms with E-state index in [2.05, 4.69) is 16.3 Å². The molecule has 0 bridgehead atoms. The Balaban J connectivity index is 1.32. The summed E-state index contributed by atoms with van der Waals surface area (Å²) >= 11 is 0. The van der Waals surface area contributed by atoms with E-state index in [0.29, 0.717) is 24.9 Å². The zero-order valence-corrected chi connectivity index (χ0v) is 23.8. The average molecular weight is 599 g/mol. The van der Waals surface area contributed by atoms with Crippen LogP contribution in [-0.2, 0) is 31.7 Å². The minimum atomic E-state index is -4.70. The Morgan fingerprint density at radius 1 is 1.16 bits per heavy atom. The number of benzene rings is 2. The number of likely N-dealkylation sites (tertiary alicyclic amines) is 1. The second kappa shape index (κ2) is 10.4. The maximum atomic E-state index is 14.3. The van der Waals surface area contributed by atoms with Crippen LogP contribution in [0, 0.1) is 23.2 Å². The highest BCUT2D eigenvalue weighted by Crippen LogP contribution is 2.53. The second-order valence-corrected chi connectivity index (χ2v) is 12.2. The maximum absolute atomic E-state index is 14.3. The lowest BCUT2D eigenvalue weighted by molar-refractivity contribution is -0.138. The molecular weight excluding hydrogens is 567 g/mol. The van der Waals surface area contributed by atoms with Gasteiger partial charge in [0.25, 0.3) is 11.8 Å². The van der Waals surface area contributed by atoms with Gasteiger partial charge in [-0.3, -0.25) is 9.69 Å². The lowest BCUT2D eigenvalue weighted by Gasteiger charge is -2.46. The standard InChI is InChI=1S/C31H31F5N6O/c1-19-15-41(9-7-30(19,32)33)16-21-10-24-25(26(11-21)31(34,35)36)17-42(27(24)43)23-5-3-4-22(12-23)29(13-20(14-29)6-8-37)28-39-38-18-40(28)2/h3-5,10-12,18-20H,6-7,9,13-17H2,1-2H3/t19-,20?,29?/m1/s1. The van der Waals surface area contributed by atoms with Crippen LogP contribution < -0.4 is 4.90 Å². The molecule has 1 aliphatic carbocycles. The number of hydrogen-bond donors (Lipinski definition) is 0. The predicted octanol–water partition coefficient (Wildman–Crippen LogP) is 6.08. The number of nitrogens with zero attached hydrogens (tertiary/aromatic N) is 6. The van der Waals surface area contributed by atoms with E-state index in [0.717, 1.165) is 17.5 Å². The van der Waals surface area contributed by atoms with Gasteiger partial charge >= 0.3 is 6.18 Å². The number of alkyl halides is 5. The molecule has 3 aliphatic rings. The molecule has 43 heavy (non-hydrogen) atoms. The van der Waals surface area contributed by atoms with E-state index >= 15 is 0 Å². The first-order valence-corrected chi connectivity index (χ1v) is 14.3. The lowest BCUT2D eigenvalue weighted by Crippen LogP contribution is -2.45. The predicted molar refractivity (Wildman–Crippen MR) is 147 cm³/mol. The van der Waals surface area contributed by atoms with Crippen LogP contribution in [0.15, 0.2) is 42.7 Å². The van der Waals surface area contributed by atoms with Gasteiger partial charge in [0.1, 0.15) is 12.2 Å². The van der Waals surface area contributed by atoms with Gasteiger partial charge in [0.2, 0.25) is 0 Å². The van der Waals surface area contributed by atoms with Crippen LogP contribution in [0.25, 0.3) is 0 Å². The Bertz CT molecular complexity index is 1600. The van der Waals surface area contributed by atoms with E-state index < -0.39 is 34.9 Å². The molecule has 2 fully saturated rings. The van der Waals surface area contributed by atoms with Crippen molar-refractivity contribution in [3.63, 3.8) is 0 Å². The summed E-state index contributed by atoms with van der Waals surface area (Å²) in [6.07, 6.45) is -1.73. The quantitative estimate of drug-likeness (QED) is 0.322. The van der Waals surface area contributed by atoms with Gasteiger partial charge in [0.05, 0.1) is 23.6 Å². The fourth-order valence-corrected chi connectivity index (χ4v) is 7.02. The number of carbonyl (C=O) groups excluding carboxylic acids is 1. The number of fused-ring (bicyclic) bond motifs is 1. The van der Waals surface area contributed by atoms with Crippen molar-refractivity contribution in [3.8, 4) is 6.07 Å². The van der Waals surface area contributed by atoms with Crippen molar-refractivity contribution in [1.29, 1.82) is 5.26 Å². The summed E-state index contributed by atoms with van der Waals surface area (Å²) in [5.74, 6) is -3.37. The molecule has 1 amide bonds. The number of hydrogen-bond acceptors (Lipinski definition) is 5. The first kappa shape index (κ1) is 29.2. The van der Waals surface area contributed by atoms with Crippen LogP contribution in [-0.4, -0.2) is 44.6 Å². The highest BCUT2D eigenvalue weighted by molar-refractivity contribution is 6.10. The number of anilines is 1. The molecule has 0 unspecified atom stereocenters. The fourth-order valence-electron chi connectivity index (χ4n) is 7.02. The van der Waals surface area contributed by atoms with E-state index in [1.807, 2.05) is 23.7 Å². The van der Waals surface area contributed by atoms with E-state index in [1.54, 1.807) is 23.4 Å². The van der Waals surface area contributed by atoms with E-state index in [1.165, 1.54) is 17.9 Å². The Morgan fingerprint density at radius 2 is 1.93 bits per heavy atom. The van der Waals surface area contributed by atoms with Gasteiger partial charge in [0.15, 0.2) is 0 Å². The number of carbonyl (C=O) groups is 1. The number of amides is 1. The van der Waals surface area contributed by atoms with Crippen LogP contribution in [0.2, 0.25) is 0 Å². The number of aromatic nitrogens is 3. The monoisotopic (exact) mass is 598 g/mol. The molecule has 226 valence electrons. The van der Waals surface area contributed by atoms with E-state index in [-0.39, 0.29) is 55.2 Å². The van der Waals surface area contributed by atoms with Crippen molar-refractivity contribution in [2.24, 2.45) is 18.9 Å². The third kappa shape index (κ3) is 5.07. The van der Waals surface area contributed by atoms with Gasteiger partial charge in [-0.05, 0) is 59.7 Å². The molecule has 1 atom stereocenters. The summed E-state index contributed by atoms with van der Waals surface area (Å²) in [6.45, 7) is 1.36. The molecule has 3 aromatic rings. The van der Waals surface area contributed by atoms with Crippen LogP contribution in [0.5, 0.6) is 0 Å². The maximum Gasteiger partial charge on any atom is 0.416 e. The van der Waals surface area contributed by atoms with Crippen LogP contribution >= 0.6 is 0 Å². The Morgan fingerprint density at radius 3 is 2.58 bits per heavy atom. The fraction of sp³-hybridized carbons (Fsp3) is 0.484. The second-order valence-electron chi connectivity index (χ2n) is 12.2. The van der Waals surface area contributed by atoms with Gasteiger partial charge in [-0.1, -0.05) is 19.1 Å². The summed E-state index contributed by atoms with van der Waals surface area (Å²) in [5.41, 5.74) is 0.0586.